The van der Waals surface area contributed by atoms with Crippen molar-refractivity contribution in [3.05, 3.63) is 32.8 Å². The predicted octanol–water partition coefficient (Wildman–Crippen LogP) is 3.55. The number of aryl methyl sites for hydroxylation is 1. The SMILES string of the molecule is Cc1cc([N+](=O)[O-])cc(Cl)c1NCCOCC(F)(F)F. The number of nitro groups is 1. The highest BCUT2D eigenvalue weighted by Crippen LogP contribution is 2.30. The number of rotatable bonds is 6. The average Bonchev–Trinajstić information content (AvgIpc) is 2.29. The van der Waals surface area contributed by atoms with Crippen LogP contribution < -0.4 is 5.32 Å². The van der Waals surface area contributed by atoms with Gasteiger partial charge in [0.1, 0.15) is 6.61 Å². The van der Waals surface area contributed by atoms with Gasteiger partial charge in [0.25, 0.3) is 5.69 Å². The zero-order valence-electron chi connectivity index (χ0n) is 10.5. The maximum atomic E-state index is 11.8. The van der Waals surface area contributed by atoms with E-state index in [1.54, 1.807) is 6.92 Å². The lowest BCUT2D eigenvalue weighted by atomic mass is 10.2. The van der Waals surface area contributed by atoms with Gasteiger partial charge in [0, 0.05) is 18.7 Å². The van der Waals surface area contributed by atoms with Crippen molar-refractivity contribution in [1.29, 1.82) is 0 Å². The molecule has 1 aromatic carbocycles. The van der Waals surface area contributed by atoms with E-state index in [-0.39, 0.29) is 23.9 Å². The Balaban J connectivity index is 2.55. The molecule has 5 nitrogen and oxygen atoms in total. The first-order valence-electron chi connectivity index (χ1n) is 5.53. The lowest BCUT2D eigenvalue weighted by molar-refractivity contribution is -0.384. The van der Waals surface area contributed by atoms with Crippen molar-refractivity contribution in [3.63, 3.8) is 0 Å². The molecule has 0 atom stereocenters. The van der Waals surface area contributed by atoms with Crippen molar-refractivity contribution in [3.8, 4) is 0 Å². The highest BCUT2D eigenvalue weighted by Gasteiger charge is 2.27. The molecule has 0 unspecified atom stereocenters. The van der Waals surface area contributed by atoms with Crippen molar-refractivity contribution in [2.75, 3.05) is 25.1 Å². The summed E-state index contributed by atoms with van der Waals surface area (Å²) in [6, 6.07) is 2.50. The number of halogens is 4. The lowest BCUT2D eigenvalue weighted by Gasteiger charge is -2.12. The highest BCUT2D eigenvalue weighted by molar-refractivity contribution is 6.33. The second-order valence-corrected chi connectivity index (χ2v) is 4.38. The van der Waals surface area contributed by atoms with Crippen LogP contribution in [0.25, 0.3) is 0 Å². The van der Waals surface area contributed by atoms with Gasteiger partial charge in [-0.3, -0.25) is 10.1 Å². The summed E-state index contributed by atoms with van der Waals surface area (Å²) in [5.41, 5.74) is 0.819. The summed E-state index contributed by atoms with van der Waals surface area (Å²) in [5.74, 6) is 0. The molecule has 1 aromatic rings. The third-order valence-electron chi connectivity index (χ3n) is 2.30. The van der Waals surface area contributed by atoms with Crippen LogP contribution in [0.2, 0.25) is 5.02 Å². The van der Waals surface area contributed by atoms with Gasteiger partial charge in [0.15, 0.2) is 0 Å². The summed E-state index contributed by atoms with van der Waals surface area (Å²) in [4.78, 5) is 10.0. The molecule has 112 valence electrons. The Morgan fingerprint density at radius 3 is 2.60 bits per heavy atom. The number of hydrogen-bond donors (Lipinski definition) is 1. The summed E-state index contributed by atoms with van der Waals surface area (Å²) in [7, 11) is 0. The molecule has 0 amide bonds. The number of nitrogens with one attached hydrogen (secondary N) is 1. The molecule has 0 saturated carbocycles. The van der Waals surface area contributed by atoms with Crippen LogP contribution in [-0.2, 0) is 4.74 Å². The molecule has 0 fully saturated rings. The van der Waals surface area contributed by atoms with Crippen molar-refractivity contribution in [1.82, 2.24) is 0 Å². The minimum atomic E-state index is -4.36. The summed E-state index contributed by atoms with van der Waals surface area (Å²) in [6.45, 7) is 0.236. The van der Waals surface area contributed by atoms with Gasteiger partial charge in [-0.2, -0.15) is 13.2 Å². The minimum Gasteiger partial charge on any atom is -0.381 e. The number of alkyl halides is 3. The second-order valence-electron chi connectivity index (χ2n) is 3.97. The van der Waals surface area contributed by atoms with Gasteiger partial charge in [0.2, 0.25) is 0 Å². The van der Waals surface area contributed by atoms with Crippen LogP contribution in [0.1, 0.15) is 5.56 Å². The van der Waals surface area contributed by atoms with E-state index in [0.29, 0.717) is 11.3 Å². The number of nitrogens with zero attached hydrogens (tertiary/aromatic N) is 1. The molecule has 9 heteroatoms. The fourth-order valence-electron chi connectivity index (χ4n) is 1.49. The molecule has 0 aliphatic heterocycles. The fourth-order valence-corrected chi connectivity index (χ4v) is 1.82. The monoisotopic (exact) mass is 312 g/mol. The third-order valence-corrected chi connectivity index (χ3v) is 2.59. The van der Waals surface area contributed by atoms with Gasteiger partial charge in [-0.05, 0) is 12.5 Å². The first-order chi connectivity index (χ1) is 9.20. The Hall–Kier alpha value is -1.54. The lowest BCUT2D eigenvalue weighted by Crippen LogP contribution is -2.20. The standard InChI is InChI=1S/C11H12ClF3N2O3/c1-7-4-8(17(18)19)5-9(12)10(7)16-2-3-20-6-11(13,14)15/h4-5,16H,2-3,6H2,1H3. The topological polar surface area (TPSA) is 64.4 Å². The Kier molecular flexibility index (Phi) is 5.58. The summed E-state index contributed by atoms with van der Waals surface area (Å²) in [5, 5.41) is 13.5. The van der Waals surface area contributed by atoms with Gasteiger partial charge in [-0.15, -0.1) is 0 Å². The van der Waals surface area contributed by atoms with E-state index in [9.17, 15) is 23.3 Å². The normalized spacial score (nSPS) is 11.4. The average molecular weight is 313 g/mol. The largest absolute Gasteiger partial charge is 0.411 e. The van der Waals surface area contributed by atoms with E-state index in [2.05, 4.69) is 10.1 Å². The quantitative estimate of drug-likeness (QED) is 0.495. The van der Waals surface area contributed by atoms with Crippen LogP contribution in [0, 0.1) is 17.0 Å². The van der Waals surface area contributed by atoms with Crippen LogP contribution in [0.4, 0.5) is 24.5 Å². The number of hydrogen-bond acceptors (Lipinski definition) is 4. The van der Waals surface area contributed by atoms with Crippen LogP contribution >= 0.6 is 11.6 Å². The predicted molar refractivity (Wildman–Crippen MR) is 68.2 cm³/mol. The number of nitro benzene ring substituents is 1. The molecular weight excluding hydrogens is 301 g/mol. The van der Waals surface area contributed by atoms with Crippen molar-refractivity contribution >= 4 is 23.0 Å². The molecule has 0 bridgehead atoms. The van der Waals surface area contributed by atoms with E-state index < -0.39 is 17.7 Å². The van der Waals surface area contributed by atoms with Gasteiger partial charge in [-0.1, -0.05) is 11.6 Å². The van der Waals surface area contributed by atoms with Gasteiger partial charge < -0.3 is 10.1 Å². The maximum Gasteiger partial charge on any atom is 0.411 e. The van der Waals surface area contributed by atoms with Gasteiger partial charge >= 0.3 is 6.18 Å². The first-order valence-corrected chi connectivity index (χ1v) is 5.91. The number of ether oxygens (including phenoxy) is 1. The molecule has 0 spiro atoms. The van der Waals surface area contributed by atoms with Crippen LogP contribution in [-0.4, -0.2) is 30.9 Å². The second kappa shape index (κ2) is 6.76. The van der Waals surface area contributed by atoms with E-state index in [0.717, 1.165) is 0 Å². The summed E-state index contributed by atoms with van der Waals surface area (Å²) < 4.78 is 39.9. The molecule has 1 rings (SSSR count). The van der Waals surface area contributed by atoms with Crippen molar-refractivity contribution < 1.29 is 22.8 Å². The molecular formula is C11H12ClF3N2O3. The van der Waals surface area contributed by atoms with E-state index in [1.807, 2.05) is 0 Å². The number of anilines is 1. The van der Waals surface area contributed by atoms with Crippen LogP contribution in [0.15, 0.2) is 12.1 Å². The number of benzene rings is 1. The first kappa shape index (κ1) is 16.5. The Labute approximate surface area is 117 Å². The van der Waals surface area contributed by atoms with E-state index >= 15 is 0 Å². The minimum absolute atomic E-state index is 0.106. The van der Waals surface area contributed by atoms with E-state index in [4.69, 9.17) is 11.6 Å². The van der Waals surface area contributed by atoms with Gasteiger partial charge in [-0.25, -0.2) is 0 Å². The zero-order valence-corrected chi connectivity index (χ0v) is 11.2. The molecule has 0 aliphatic carbocycles. The maximum absolute atomic E-state index is 11.8. The third kappa shape index (κ3) is 5.22. The Morgan fingerprint density at radius 2 is 2.10 bits per heavy atom. The molecule has 0 heterocycles. The van der Waals surface area contributed by atoms with E-state index in [1.165, 1.54) is 12.1 Å². The van der Waals surface area contributed by atoms with Crippen molar-refractivity contribution in [2.45, 2.75) is 13.1 Å². The molecule has 20 heavy (non-hydrogen) atoms. The summed E-state index contributed by atoms with van der Waals surface area (Å²) in [6.07, 6.45) is -4.36. The fraction of sp³-hybridized carbons (Fsp3) is 0.455. The highest BCUT2D eigenvalue weighted by atomic mass is 35.5. The zero-order chi connectivity index (χ0) is 15.3. The van der Waals surface area contributed by atoms with Crippen molar-refractivity contribution in [2.24, 2.45) is 0 Å². The Morgan fingerprint density at radius 1 is 1.45 bits per heavy atom. The summed E-state index contributed by atoms with van der Waals surface area (Å²) >= 11 is 5.88. The molecule has 0 saturated heterocycles. The van der Waals surface area contributed by atoms with Gasteiger partial charge in [0.05, 0.1) is 22.2 Å². The molecule has 0 aromatic heterocycles. The van der Waals surface area contributed by atoms with Crippen LogP contribution in [0.5, 0.6) is 0 Å². The molecule has 0 radical (unpaired) electrons. The Bertz CT molecular complexity index is 471. The molecule has 1 N–H and O–H groups in total. The smallest absolute Gasteiger partial charge is 0.381 e. The molecule has 0 aliphatic rings. The number of non-ortho nitro benzene ring substituents is 1. The van der Waals surface area contributed by atoms with Crippen LogP contribution in [0.3, 0.4) is 0 Å².